The lowest BCUT2D eigenvalue weighted by atomic mass is 10.2. The van der Waals surface area contributed by atoms with Crippen molar-refractivity contribution in [1.82, 2.24) is 14.3 Å². The van der Waals surface area contributed by atoms with Crippen molar-refractivity contribution in [2.75, 3.05) is 14.1 Å². The number of carbonyl (C=O) groups is 1. The second-order valence-electron chi connectivity index (χ2n) is 2.58. The van der Waals surface area contributed by atoms with Crippen molar-refractivity contribution in [2.45, 2.75) is 0 Å². The van der Waals surface area contributed by atoms with Gasteiger partial charge >= 0.3 is 10.2 Å². The van der Waals surface area contributed by atoms with E-state index in [9.17, 15) is 13.2 Å². The van der Waals surface area contributed by atoms with Crippen molar-refractivity contribution in [3.05, 3.63) is 11.8 Å². The van der Waals surface area contributed by atoms with Gasteiger partial charge in [0.2, 0.25) is 0 Å². The molecule has 1 aliphatic rings. The molecule has 8 heteroatoms. The van der Waals surface area contributed by atoms with Crippen molar-refractivity contribution in [2.24, 2.45) is 0 Å². The molecule has 78 valence electrons. The highest BCUT2D eigenvalue weighted by atomic mass is 32.2. The second-order valence-corrected chi connectivity index (χ2v) is 4.31. The second kappa shape index (κ2) is 3.29. The maximum atomic E-state index is 11.2. The van der Waals surface area contributed by atoms with E-state index in [0.29, 0.717) is 4.31 Å². The van der Waals surface area contributed by atoms with Gasteiger partial charge in [-0.1, -0.05) is 0 Å². The van der Waals surface area contributed by atoms with Gasteiger partial charge in [-0.3, -0.25) is 14.9 Å². The Hall–Kier alpha value is -1.57. The highest BCUT2D eigenvalue weighted by molar-refractivity contribution is 7.87. The van der Waals surface area contributed by atoms with Crippen LogP contribution in [0, 0.1) is 5.41 Å². The fourth-order valence-electron chi connectivity index (χ4n) is 0.878. The molecule has 1 aliphatic heterocycles. The third kappa shape index (κ3) is 1.55. The van der Waals surface area contributed by atoms with Gasteiger partial charge in [-0.2, -0.15) is 8.42 Å². The van der Waals surface area contributed by atoms with Gasteiger partial charge in [-0.05, 0) is 0 Å². The van der Waals surface area contributed by atoms with Gasteiger partial charge in [-0.25, -0.2) is 4.31 Å². The predicted molar refractivity (Wildman–Crippen MR) is 49.7 cm³/mol. The quantitative estimate of drug-likeness (QED) is 0.492. The molecule has 1 heterocycles. The molecule has 0 atom stereocenters. The van der Waals surface area contributed by atoms with E-state index in [1.54, 1.807) is 0 Å². The lowest BCUT2D eigenvalue weighted by molar-refractivity contribution is -0.116. The molecule has 0 bridgehead atoms. The fourth-order valence-corrected chi connectivity index (χ4v) is 1.64. The first-order valence-electron chi connectivity index (χ1n) is 3.67. The van der Waals surface area contributed by atoms with Crippen molar-refractivity contribution >= 4 is 22.0 Å². The van der Waals surface area contributed by atoms with Crippen LogP contribution in [-0.2, 0) is 15.0 Å². The zero-order valence-electron chi connectivity index (χ0n) is 7.66. The third-order valence-electron chi connectivity index (χ3n) is 1.75. The van der Waals surface area contributed by atoms with Gasteiger partial charge in [0.05, 0.1) is 5.57 Å². The van der Waals surface area contributed by atoms with Crippen molar-refractivity contribution in [3.8, 4) is 0 Å². The molecule has 1 rings (SSSR count). The molecule has 0 aromatic carbocycles. The SMILES string of the molecule is CNC(=O)C1=CNS(=O)(=O)N(C)C1=N. The smallest absolute Gasteiger partial charge is 0.324 e. The molecular weight excluding hydrogens is 208 g/mol. The van der Waals surface area contributed by atoms with E-state index in [0.717, 1.165) is 6.20 Å². The fraction of sp³-hybridized carbons (Fsp3) is 0.333. The van der Waals surface area contributed by atoms with Crippen molar-refractivity contribution < 1.29 is 13.2 Å². The molecule has 1 amide bonds. The summed E-state index contributed by atoms with van der Waals surface area (Å²) in [6, 6.07) is 0. The van der Waals surface area contributed by atoms with Gasteiger partial charge in [0.15, 0.2) is 0 Å². The Balaban J connectivity index is 3.11. The Bertz CT molecular complexity index is 411. The zero-order valence-corrected chi connectivity index (χ0v) is 8.47. The van der Waals surface area contributed by atoms with Crippen LogP contribution in [0.15, 0.2) is 11.8 Å². The lowest BCUT2D eigenvalue weighted by Crippen LogP contribution is -2.47. The number of rotatable bonds is 1. The maximum absolute atomic E-state index is 11.2. The summed E-state index contributed by atoms with van der Waals surface area (Å²) >= 11 is 0. The number of amidine groups is 1. The largest absolute Gasteiger partial charge is 0.355 e. The highest BCUT2D eigenvalue weighted by Crippen LogP contribution is 2.09. The molecule has 0 spiro atoms. The normalized spacial score (nSPS) is 19.7. The summed E-state index contributed by atoms with van der Waals surface area (Å²) < 4.78 is 25.0. The summed E-state index contributed by atoms with van der Waals surface area (Å²) in [6.07, 6.45) is 0.997. The molecule has 0 unspecified atom stereocenters. The number of nitrogens with one attached hydrogen (secondary N) is 3. The van der Waals surface area contributed by atoms with Crippen LogP contribution in [0.4, 0.5) is 0 Å². The highest BCUT2D eigenvalue weighted by Gasteiger charge is 2.29. The van der Waals surface area contributed by atoms with Crippen molar-refractivity contribution in [1.29, 1.82) is 5.41 Å². The number of amides is 1. The first kappa shape index (κ1) is 10.5. The number of likely N-dealkylation sites (N-methyl/N-ethyl adjacent to an activating group) is 2. The van der Waals surface area contributed by atoms with Crippen LogP contribution in [0.25, 0.3) is 0 Å². The molecule has 0 aromatic heterocycles. The Morgan fingerprint density at radius 2 is 2.21 bits per heavy atom. The Labute approximate surface area is 81.5 Å². The average molecular weight is 218 g/mol. The first-order valence-corrected chi connectivity index (χ1v) is 5.11. The van der Waals surface area contributed by atoms with Gasteiger partial charge < -0.3 is 5.32 Å². The van der Waals surface area contributed by atoms with Gasteiger partial charge in [0.1, 0.15) is 5.84 Å². The van der Waals surface area contributed by atoms with E-state index in [1.807, 2.05) is 4.72 Å². The lowest BCUT2D eigenvalue weighted by Gasteiger charge is -2.24. The number of hydrogen-bond acceptors (Lipinski definition) is 4. The molecule has 7 nitrogen and oxygen atoms in total. The van der Waals surface area contributed by atoms with E-state index >= 15 is 0 Å². The average Bonchev–Trinajstić information content (AvgIpc) is 2.14. The van der Waals surface area contributed by atoms with Crippen molar-refractivity contribution in [3.63, 3.8) is 0 Å². The number of hydrogen-bond donors (Lipinski definition) is 3. The van der Waals surface area contributed by atoms with Crippen LogP contribution < -0.4 is 10.0 Å². The monoisotopic (exact) mass is 218 g/mol. The molecule has 0 aromatic rings. The predicted octanol–water partition coefficient (Wildman–Crippen LogP) is -1.63. The minimum atomic E-state index is -3.68. The molecule has 3 N–H and O–H groups in total. The summed E-state index contributed by atoms with van der Waals surface area (Å²) in [7, 11) is -1.09. The van der Waals surface area contributed by atoms with E-state index in [2.05, 4.69) is 5.32 Å². The van der Waals surface area contributed by atoms with E-state index in [1.165, 1.54) is 14.1 Å². The maximum Gasteiger partial charge on any atom is 0.324 e. The molecule has 0 saturated carbocycles. The number of nitrogens with zero attached hydrogens (tertiary/aromatic N) is 1. The van der Waals surface area contributed by atoms with Gasteiger partial charge in [-0.15, -0.1) is 0 Å². The molecule has 0 saturated heterocycles. The summed E-state index contributed by atoms with van der Waals surface area (Å²) in [4.78, 5) is 11.2. The Morgan fingerprint density at radius 1 is 1.64 bits per heavy atom. The summed E-state index contributed by atoms with van der Waals surface area (Å²) in [5.74, 6) is -0.868. The van der Waals surface area contributed by atoms with Gasteiger partial charge in [0, 0.05) is 20.3 Å². The third-order valence-corrected chi connectivity index (χ3v) is 3.07. The molecule has 0 aliphatic carbocycles. The molecule has 14 heavy (non-hydrogen) atoms. The zero-order chi connectivity index (χ0) is 10.9. The van der Waals surface area contributed by atoms with Crippen LogP contribution in [0.1, 0.15) is 0 Å². The van der Waals surface area contributed by atoms with Crippen LogP contribution in [0.5, 0.6) is 0 Å². The van der Waals surface area contributed by atoms with Crippen LogP contribution in [0.3, 0.4) is 0 Å². The summed E-state index contributed by atoms with van der Waals surface area (Å²) in [5, 5.41) is 9.72. The Kier molecular flexibility index (Phi) is 2.47. The molecule has 0 radical (unpaired) electrons. The number of carbonyl (C=O) groups excluding carboxylic acids is 1. The molecule has 0 fully saturated rings. The summed E-state index contributed by atoms with van der Waals surface area (Å²) in [6.45, 7) is 0. The first-order chi connectivity index (χ1) is 6.40. The van der Waals surface area contributed by atoms with Gasteiger partial charge in [0.25, 0.3) is 5.91 Å². The minimum absolute atomic E-state index is 0.0233. The summed E-state index contributed by atoms with van der Waals surface area (Å²) in [5.41, 5.74) is -0.0233. The molecular formula is C6H10N4O3S. The van der Waals surface area contributed by atoms with Crippen LogP contribution >= 0.6 is 0 Å². The minimum Gasteiger partial charge on any atom is -0.355 e. The standard InChI is InChI=1S/C6H10N4O3S/c1-8-6(11)4-3-9-14(12,13)10(2)5(4)7/h3,7,9H,1-2H3,(H,8,11). The van der Waals surface area contributed by atoms with E-state index < -0.39 is 16.1 Å². The Morgan fingerprint density at radius 3 is 2.71 bits per heavy atom. The van der Waals surface area contributed by atoms with E-state index in [4.69, 9.17) is 5.41 Å². The van der Waals surface area contributed by atoms with Crippen LogP contribution in [0.2, 0.25) is 0 Å². The van der Waals surface area contributed by atoms with E-state index in [-0.39, 0.29) is 11.4 Å². The van der Waals surface area contributed by atoms with Crippen LogP contribution in [-0.4, -0.2) is 38.6 Å². The topological polar surface area (TPSA) is 102 Å².